The average molecular weight is 214 g/mol. The SMILES string of the molecule is C=C(CC)C(=O)OC.CC=C(C)C(=O)O. The Bertz CT molecular complexity index is 250. The summed E-state index contributed by atoms with van der Waals surface area (Å²) in [6.07, 6.45) is 2.22. The average Bonchev–Trinajstić information content (AvgIpc) is 2.26. The second kappa shape index (κ2) is 8.99. The van der Waals surface area contributed by atoms with Gasteiger partial charge in [-0.25, -0.2) is 9.59 Å². The van der Waals surface area contributed by atoms with Crippen LogP contribution < -0.4 is 0 Å². The standard InChI is InChI=1S/C6H10O2.C5H8O2/c1-4-5(2)6(7)8-3;1-3-4(2)5(6)7/h2,4H2,1,3H3;3H,1-2H3,(H,6,7). The molecule has 15 heavy (non-hydrogen) atoms. The number of carbonyl (C=O) groups is 2. The minimum absolute atomic E-state index is 0.312. The van der Waals surface area contributed by atoms with Crippen molar-refractivity contribution in [3.05, 3.63) is 23.8 Å². The smallest absolute Gasteiger partial charge is 0.333 e. The molecule has 0 aromatic rings. The Morgan fingerprint density at radius 3 is 2.00 bits per heavy atom. The topological polar surface area (TPSA) is 63.6 Å². The number of rotatable bonds is 3. The van der Waals surface area contributed by atoms with Crippen molar-refractivity contribution in [2.75, 3.05) is 7.11 Å². The molecule has 0 atom stereocenters. The van der Waals surface area contributed by atoms with Crippen molar-refractivity contribution in [3.8, 4) is 0 Å². The van der Waals surface area contributed by atoms with Crippen molar-refractivity contribution in [2.24, 2.45) is 0 Å². The van der Waals surface area contributed by atoms with Gasteiger partial charge in [0, 0.05) is 11.1 Å². The van der Waals surface area contributed by atoms with Gasteiger partial charge in [0.05, 0.1) is 7.11 Å². The van der Waals surface area contributed by atoms with Crippen LogP contribution in [0, 0.1) is 0 Å². The molecule has 0 aromatic carbocycles. The number of carboxylic acid groups (broad SMARTS) is 1. The molecule has 0 saturated heterocycles. The van der Waals surface area contributed by atoms with E-state index in [9.17, 15) is 9.59 Å². The lowest BCUT2D eigenvalue weighted by Gasteiger charge is -1.95. The van der Waals surface area contributed by atoms with Crippen molar-refractivity contribution >= 4 is 11.9 Å². The second-order valence-corrected chi connectivity index (χ2v) is 2.73. The fraction of sp³-hybridized carbons (Fsp3) is 0.455. The number of ether oxygens (including phenoxy) is 1. The van der Waals surface area contributed by atoms with Crippen molar-refractivity contribution in [1.29, 1.82) is 0 Å². The third kappa shape index (κ3) is 8.74. The number of hydrogen-bond donors (Lipinski definition) is 1. The Kier molecular flexibility index (Phi) is 9.52. The number of aliphatic carboxylic acids is 1. The summed E-state index contributed by atoms with van der Waals surface area (Å²) in [7, 11) is 1.35. The molecule has 0 aromatic heterocycles. The minimum Gasteiger partial charge on any atom is -0.478 e. The zero-order valence-electron chi connectivity index (χ0n) is 9.66. The fourth-order valence-electron chi connectivity index (χ4n) is 0.412. The summed E-state index contributed by atoms with van der Waals surface area (Å²) in [6, 6.07) is 0. The first-order valence-electron chi connectivity index (χ1n) is 4.52. The van der Waals surface area contributed by atoms with E-state index in [1.165, 1.54) is 7.11 Å². The molecule has 0 radical (unpaired) electrons. The first-order chi connectivity index (χ1) is 6.90. The molecule has 0 saturated carbocycles. The van der Waals surface area contributed by atoms with E-state index in [0.717, 1.165) is 0 Å². The highest BCUT2D eigenvalue weighted by Gasteiger charge is 2.00. The van der Waals surface area contributed by atoms with E-state index in [-0.39, 0.29) is 5.97 Å². The summed E-state index contributed by atoms with van der Waals surface area (Å²) in [5.74, 6) is -1.16. The van der Waals surface area contributed by atoms with Gasteiger partial charge in [-0.1, -0.05) is 19.6 Å². The zero-order chi connectivity index (χ0) is 12.4. The van der Waals surface area contributed by atoms with Crippen molar-refractivity contribution < 1.29 is 19.4 Å². The van der Waals surface area contributed by atoms with Gasteiger partial charge < -0.3 is 9.84 Å². The Morgan fingerprint density at radius 2 is 1.93 bits per heavy atom. The number of esters is 1. The first-order valence-corrected chi connectivity index (χ1v) is 4.52. The number of carboxylic acids is 1. The molecule has 0 amide bonds. The molecule has 0 aliphatic carbocycles. The second-order valence-electron chi connectivity index (χ2n) is 2.73. The van der Waals surface area contributed by atoms with Gasteiger partial charge in [0.15, 0.2) is 0 Å². The Labute approximate surface area is 90.2 Å². The largest absolute Gasteiger partial charge is 0.478 e. The molecule has 0 rings (SSSR count). The van der Waals surface area contributed by atoms with Crippen LogP contribution in [-0.4, -0.2) is 24.2 Å². The molecule has 0 aliphatic heterocycles. The third-order valence-electron chi connectivity index (χ3n) is 1.67. The molecular weight excluding hydrogens is 196 g/mol. The van der Waals surface area contributed by atoms with E-state index in [1.807, 2.05) is 6.92 Å². The summed E-state index contributed by atoms with van der Waals surface area (Å²) < 4.78 is 4.36. The minimum atomic E-state index is -0.845. The predicted molar refractivity (Wildman–Crippen MR) is 58.5 cm³/mol. The van der Waals surface area contributed by atoms with Crippen LogP contribution in [-0.2, 0) is 14.3 Å². The zero-order valence-corrected chi connectivity index (χ0v) is 9.66. The summed E-state index contributed by atoms with van der Waals surface area (Å²) in [4.78, 5) is 20.3. The van der Waals surface area contributed by atoms with Crippen LogP contribution in [0.2, 0.25) is 0 Å². The van der Waals surface area contributed by atoms with Crippen molar-refractivity contribution in [1.82, 2.24) is 0 Å². The van der Waals surface area contributed by atoms with Crippen molar-refractivity contribution in [3.63, 3.8) is 0 Å². The molecule has 0 bridgehead atoms. The van der Waals surface area contributed by atoms with E-state index in [1.54, 1.807) is 19.9 Å². The fourth-order valence-corrected chi connectivity index (χ4v) is 0.412. The van der Waals surface area contributed by atoms with E-state index >= 15 is 0 Å². The van der Waals surface area contributed by atoms with Gasteiger partial charge in [0.2, 0.25) is 0 Å². The highest BCUT2D eigenvalue weighted by atomic mass is 16.5. The van der Waals surface area contributed by atoms with E-state index < -0.39 is 5.97 Å². The van der Waals surface area contributed by atoms with Gasteiger partial charge in [0.1, 0.15) is 0 Å². The highest BCUT2D eigenvalue weighted by molar-refractivity contribution is 5.87. The summed E-state index contributed by atoms with van der Waals surface area (Å²) >= 11 is 0. The molecule has 1 N–H and O–H groups in total. The quantitative estimate of drug-likeness (QED) is 0.577. The first kappa shape index (κ1) is 15.9. The monoisotopic (exact) mass is 214 g/mol. The Morgan fingerprint density at radius 1 is 1.47 bits per heavy atom. The lowest BCUT2D eigenvalue weighted by molar-refractivity contribution is -0.136. The van der Waals surface area contributed by atoms with E-state index in [2.05, 4.69) is 11.3 Å². The maximum Gasteiger partial charge on any atom is 0.333 e. The maximum atomic E-state index is 10.4. The van der Waals surface area contributed by atoms with Gasteiger partial charge in [-0.15, -0.1) is 0 Å². The van der Waals surface area contributed by atoms with Crippen LogP contribution in [0.3, 0.4) is 0 Å². The van der Waals surface area contributed by atoms with Crippen LogP contribution in [0.15, 0.2) is 23.8 Å². The van der Waals surface area contributed by atoms with Gasteiger partial charge in [-0.05, 0) is 20.3 Å². The molecule has 0 spiro atoms. The third-order valence-corrected chi connectivity index (χ3v) is 1.67. The van der Waals surface area contributed by atoms with Crippen LogP contribution in [0.5, 0.6) is 0 Å². The van der Waals surface area contributed by atoms with Gasteiger partial charge >= 0.3 is 11.9 Å². The molecular formula is C11H18O4. The number of methoxy groups -OCH3 is 1. The summed E-state index contributed by atoms with van der Waals surface area (Å²) in [5, 5.41) is 8.11. The van der Waals surface area contributed by atoms with Crippen LogP contribution >= 0.6 is 0 Å². The molecule has 0 fully saturated rings. The molecule has 0 unspecified atom stereocenters. The van der Waals surface area contributed by atoms with Crippen LogP contribution in [0.4, 0.5) is 0 Å². The lowest BCUT2D eigenvalue weighted by atomic mass is 10.2. The molecule has 86 valence electrons. The van der Waals surface area contributed by atoms with E-state index in [0.29, 0.717) is 17.6 Å². The van der Waals surface area contributed by atoms with Gasteiger partial charge in [0.25, 0.3) is 0 Å². The van der Waals surface area contributed by atoms with Gasteiger partial charge in [-0.3, -0.25) is 0 Å². The van der Waals surface area contributed by atoms with Crippen molar-refractivity contribution in [2.45, 2.75) is 27.2 Å². The molecule has 4 nitrogen and oxygen atoms in total. The Balaban J connectivity index is 0. The normalized spacial score (nSPS) is 9.73. The number of carbonyl (C=O) groups excluding carboxylic acids is 1. The highest BCUT2D eigenvalue weighted by Crippen LogP contribution is 1.96. The molecule has 4 heteroatoms. The molecule has 0 heterocycles. The van der Waals surface area contributed by atoms with Crippen LogP contribution in [0.25, 0.3) is 0 Å². The summed E-state index contributed by atoms with van der Waals surface area (Å²) in [6.45, 7) is 8.59. The van der Waals surface area contributed by atoms with Crippen LogP contribution in [0.1, 0.15) is 27.2 Å². The summed E-state index contributed by atoms with van der Waals surface area (Å²) in [5.41, 5.74) is 0.910. The Hall–Kier alpha value is -1.58. The van der Waals surface area contributed by atoms with E-state index in [4.69, 9.17) is 5.11 Å². The molecule has 0 aliphatic rings. The predicted octanol–water partition coefficient (Wildman–Crippen LogP) is 2.16. The van der Waals surface area contributed by atoms with Gasteiger partial charge in [-0.2, -0.15) is 0 Å². The lowest BCUT2D eigenvalue weighted by Crippen LogP contribution is -2.01. The maximum absolute atomic E-state index is 10.4. The number of hydrogen-bond acceptors (Lipinski definition) is 3. The number of allylic oxidation sites excluding steroid dienone is 1.